The van der Waals surface area contributed by atoms with E-state index in [0.29, 0.717) is 28.1 Å². The minimum atomic E-state index is -0.629. The smallest absolute Gasteiger partial charge is 0.277 e. The Bertz CT molecular complexity index is 1240. The Kier molecular flexibility index (Phi) is 4.86. The van der Waals surface area contributed by atoms with Crippen LogP contribution in [-0.2, 0) is 4.79 Å². The van der Waals surface area contributed by atoms with Crippen molar-refractivity contribution in [1.29, 1.82) is 0 Å². The van der Waals surface area contributed by atoms with E-state index in [4.69, 9.17) is 21.8 Å². The van der Waals surface area contributed by atoms with Crippen LogP contribution in [0.2, 0.25) is 0 Å². The lowest BCUT2D eigenvalue weighted by molar-refractivity contribution is -0.384. The number of nitrogens with one attached hydrogen (secondary N) is 1. The molecule has 0 spiro atoms. The second-order valence-electron chi connectivity index (χ2n) is 8.08. The number of hydroxylamine groups is 1. The maximum atomic E-state index is 12.9. The Morgan fingerprint density at radius 1 is 1.29 bits per heavy atom. The summed E-state index contributed by atoms with van der Waals surface area (Å²) < 4.78 is 7.47. The number of carbonyl (C=O) groups is 2. The molecule has 0 unspecified atom stereocenters. The van der Waals surface area contributed by atoms with Gasteiger partial charge in [0.1, 0.15) is 11.5 Å². The number of carbonyl (C=O) groups excluding carboxylic acids is 2. The summed E-state index contributed by atoms with van der Waals surface area (Å²) in [6.07, 6.45) is 0.0101. The van der Waals surface area contributed by atoms with Crippen LogP contribution in [-0.4, -0.2) is 43.1 Å². The Labute approximate surface area is 181 Å². The highest BCUT2D eigenvalue weighted by Crippen LogP contribution is 2.35. The van der Waals surface area contributed by atoms with E-state index in [9.17, 15) is 19.7 Å². The normalized spacial score (nSPS) is 13.7. The molecule has 0 fully saturated rings. The number of hydrogen-bond acceptors (Lipinski definition) is 7. The van der Waals surface area contributed by atoms with E-state index >= 15 is 0 Å². The van der Waals surface area contributed by atoms with Gasteiger partial charge < -0.3 is 4.42 Å². The molecule has 1 aliphatic rings. The molecular weight excluding hydrogens is 424 g/mol. The standard InChI is InChI=1S/C20H18N4O6S/c1-20(2,9-17(25)21-27)10-22-18(26)14-8-16-13(23(14)19(22)31)7-15(30-16)11-3-5-12(6-4-11)24(28)29/h3-8,27H,9-10H2,1-2H3,(H,21,25). The highest BCUT2D eigenvalue weighted by molar-refractivity contribution is 7.80. The number of nitro groups is 1. The van der Waals surface area contributed by atoms with E-state index in [1.54, 1.807) is 48.2 Å². The maximum absolute atomic E-state index is 12.9. The van der Waals surface area contributed by atoms with E-state index < -0.39 is 16.2 Å². The highest BCUT2D eigenvalue weighted by atomic mass is 32.1. The Morgan fingerprint density at radius 3 is 2.58 bits per heavy atom. The van der Waals surface area contributed by atoms with Crippen molar-refractivity contribution in [3.8, 4) is 11.3 Å². The van der Waals surface area contributed by atoms with Crippen molar-refractivity contribution in [3.05, 3.63) is 52.2 Å². The van der Waals surface area contributed by atoms with E-state index in [0.717, 1.165) is 0 Å². The minimum absolute atomic E-state index is 0.0101. The fraction of sp³-hybridized carbons (Fsp3) is 0.250. The Hall–Kier alpha value is -3.57. The molecule has 1 aliphatic heterocycles. The van der Waals surface area contributed by atoms with Gasteiger partial charge in [0.2, 0.25) is 5.91 Å². The molecule has 160 valence electrons. The van der Waals surface area contributed by atoms with Gasteiger partial charge in [-0.05, 0) is 29.8 Å². The molecular formula is C20H18N4O6S. The van der Waals surface area contributed by atoms with Crippen LogP contribution in [0.4, 0.5) is 5.69 Å². The van der Waals surface area contributed by atoms with Gasteiger partial charge in [0.25, 0.3) is 11.6 Å². The number of furan rings is 1. The van der Waals surface area contributed by atoms with Crippen LogP contribution in [0.1, 0.15) is 30.8 Å². The average molecular weight is 442 g/mol. The molecule has 2 N–H and O–H groups in total. The molecule has 10 nitrogen and oxygen atoms in total. The molecule has 11 heteroatoms. The van der Waals surface area contributed by atoms with Crippen LogP contribution in [0.3, 0.4) is 0 Å². The molecule has 3 aromatic rings. The van der Waals surface area contributed by atoms with Crippen LogP contribution >= 0.6 is 12.2 Å². The summed E-state index contributed by atoms with van der Waals surface area (Å²) in [6.45, 7) is 3.78. The average Bonchev–Trinajstić information content (AvgIpc) is 3.34. The fourth-order valence-corrected chi connectivity index (χ4v) is 4.03. The van der Waals surface area contributed by atoms with Gasteiger partial charge in [0, 0.05) is 42.8 Å². The number of benzene rings is 1. The van der Waals surface area contributed by atoms with Crippen molar-refractivity contribution < 1.29 is 24.1 Å². The molecule has 2 aromatic heterocycles. The fourth-order valence-electron chi connectivity index (χ4n) is 3.69. The van der Waals surface area contributed by atoms with Crippen molar-refractivity contribution in [2.75, 3.05) is 6.54 Å². The zero-order valence-corrected chi connectivity index (χ0v) is 17.4. The first kappa shape index (κ1) is 20.7. The molecule has 0 bridgehead atoms. The monoisotopic (exact) mass is 442 g/mol. The van der Waals surface area contributed by atoms with Crippen LogP contribution in [0.15, 0.2) is 40.8 Å². The largest absolute Gasteiger partial charge is 0.454 e. The Morgan fingerprint density at radius 2 is 1.97 bits per heavy atom. The third-order valence-electron chi connectivity index (χ3n) is 5.09. The molecule has 0 saturated heterocycles. The molecule has 1 aromatic carbocycles. The number of fused-ring (bicyclic) bond motifs is 3. The third-order valence-corrected chi connectivity index (χ3v) is 5.49. The lowest BCUT2D eigenvalue weighted by Gasteiger charge is -2.28. The van der Waals surface area contributed by atoms with Crippen molar-refractivity contribution in [2.24, 2.45) is 5.41 Å². The third kappa shape index (κ3) is 3.57. The van der Waals surface area contributed by atoms with Crippen molar-refractivity contribution in [2.45, 2.75) is 20.3 Å². The maximum Gasteiger partial charge on any atom is 0.277 e. The quantitative estimate of drug-likeness (QED) is 0.259. The molecule has 0 aliphatic carbocycles. The van der Waals surface area contributed by atoms with Crippen molar-refractivity contribution >= 4 is 45.9 Å². The zero-order chi connectivity index (χ0) is 22.5. The highest BCUT2D eigenvalue weighted by Gasteiger charge is 2.39. The van der Waals surface area contributed by atoms with Crippen molar-refractivity contribution in [3.63, 3.8) is 0 Å². The molecule has 0 saturated carbocycles. The summed E-state index contributed by atoms with van der Waals surface area (Å²) in [7, 11) is 0. The number of non-ortho nitro benzene ring substituents is 1. The van der Waals surface area contributed by atoms with E-state index in [-0.39, 0.29) is 29.7 Å². The molecule has 31 heavy (non-hydrogen) atoms. The summed E-state index contributed by atoms with van der Waals surface area (Å²) in [5, 5.41) is 19.9. The number of rotatable bonds is 6. The van der Waals surface area contributed by atoms with E-state index in [2.05, 4.69) is 0 Å². The predicted octanol–water partition coefficient (Wildman–Crippen LogP) is 3.32. The number of nitro benzene ring substituents is 1. The topological polar surface area (TPSA) is 131 Å². The molecule has 0 atom stereocenters. The van der Waals surface area contributed by atoms with E-state index in [1.165, 1.54) is 17.0 Å². The van der Waals surface area contributed by atoms with E-state index in [1.807, 2.05) is 0 Å². The summed E-state index contributed by atoms with van der Waals surface area (Å²) in [5.74, 6) is -0.359. The van der Waals surface area contributed by atoms with Gasteiger partial charge in [0.15, 0.2) is 10.7 Å². The number of hydrogen-bond donors (Lipinski definition) is 2. The number of thiocarbonyl (C=S) groups is 1. The van der Waals surface area contributed by atoms with Crippen molar-refractivity contribution in [1.82, 2.24) is 14.9 Å². The number of aromatic nitrogens is 1. The summed E-state index contributed by atoms with van der Waals surface area (Å²) in [5.41, 5.74) is 3.04. The SMILES string of the molecule is CC(C)(CC(=O)NO)CN1C(=O)c2cc3oc(-c4ccc([N+](=O)[O-])cc4)cc3n2C1=S. The second-order valence-corrected chi connectivity index (χ2v) is 8.44. The molecule has 2 amide bonds. The minimum Gasteiger partial charge on any atom is -0.454 e. The van der Waals surface area contributed by atoms with Crippen LogP contribution in [0.5, 0.6) is 0 Å². The first-order valence-corrected chi connectivity index (χ1v) is 9.71. The number of nitrogens with zero attached hydrogens (tertiary/aromatic N) is 3. The predicted molar refractivity (Wildman–Crippen MR) is 114 cm³/mol. The lowest BCUT2D eigenvalue weighted by atomic mass is 9.88. The molecule has 0 radical (unpaired) electrons. The molecule has 4 rings (SSSR count). The summed E-state index contributed by atoms with van der Waals surface area (Å²) >= 11 is 5.54. The number of amides is 2. The van der Waals surface area contributed by atoms with Crippen LogP contribution in [0, 0.1) is 15.5 Å². The second kappa shape index (κ2) is 7.29. The van der Waals surface area contributed by atoms with Gasteiger partial charge in [-0.3, -0.25) is 34.4 Å². The van der Waals surface area contributed by atoms with Gasteiger partial charge in [-0.25, -0.2) is 5.48 Å². The lowest BCUT2D eigenvalue weighted by Crippen LogP contribution is -2.41. The van der Waals surface area contributed by atoms with Gasteiger partial charge in [-0.2, -0.15) is 0 Å². The van der Waals surface area contributed by atoms with Gasteiger partial charge in [-0.15, -0.1) is 0 Å². The summed E-state index contributed by atoms with van der Waals surface area (Å²) in [4.78, 5) is 36.3. The Balaban J connectivity index is 1.64. The van der Waals surface area contributed by atoms with Gasteiger partial charge in [0.05, 0.1) is 10.4 Å². The summed E-state index contributed by atoms with van der Waals surface area (Å²) in [6, 6.07) is 9.29. The van der Waals surface area contributed by atoms with Gasteiger partial charge in [-0.1, -0.05) is 13.8 Å². The zero-order valence-electron chi connectivity index (χ0n) is 16.6. The van der Waals surface area contributed by atoms with Crippen LogP contribution in [0.25, 0.3) is 22.4 Å². The van der Waals surface area contributed by atoms with Gasteiger partial charge >= 0.3 is 0 Å². The first-order valence-electron chi connectivity index (χ1n) is 9.30. The first-order chi connectivity index (χ1) is 14.6. The molecule has 3 heterocycles. The van der Waals surface area contributed by atoms with Crippen LogP contribution < -0.4 is 5.48 Å².